The summed E-state index contributed by atoms with van der Waals surface area (Å²) in [5, 5.41) is 2.53. The second kappa shape index (κ2) is 11.4. The van der Waals surface area contributed by atoms with Crippen molar-refractivity contribution in [3.8, 4) is 5.75 Å². The molecule has 164 valence electrons. The molecule has 0 aliphatic rings. The van der Waals surface area contributed by atoms with Crippen molar-refractivity contribution in [1.82, 2.24) is 16.2 Å². The van der Waals surface area contributed by atoms with Crippen molar-refractivity contribution in [2.24, 2.45) is 0 Å². The van der Waals surface area contributed by atoms with Crippen molar-refractivity contribution in [3.05, 3.63) is 100 Å². The molecule has 0 radical (unpaired) electrons. The number of halogens is 1. The average Bonchev–Trinajstić information content (AvgIpc) is 2.81. The highest BCUT2D eigenvalue weighted by Gasteiger charge is 2.22. The van der Waals surface area contributed by atoms with Crippen LogP contribution in [0.5, 0.6) is 5.75 Å². The van der Waals surface area contributed by atoms with E-state index in [2.05, 4.69) is 32.1 Å². The van der Waals surface area contributed by atoms with Gasteiger partial charge in [0.1, 0.15) is 5.75 Å². The van der Waals surface area contributed by atoms with E-state index < -0.39 is 11.8 Å². The van der Waals surface area contributed by atoms with E-state index in [-0.39, 0.29) is 11.0 Å². The third-order valence-corrected chi connectivity index (χ3v) is 5.37. The lowest BCUT2D eigenvalue weighted by Crippen LogP contribution is -2.49. The number of amides is 2. The zero-order chi connectivity index (χ0) is 22.9. The van der Waals surface area contributed by atoms with Crippen LogP contribution in [0, 0.1) is 0 Å². The summed E-state index contributed by atoms with van der Waals surface area (Å²) >= 11 is 8.56. The molecule has 0 aliphatic carbocycles. The van der Waals surface area contributed by atoms with Gasteiger partial charge < -0.3 is 4.74 Å². The van der Waals surface area contributed by atoms with Crippen molar-refractivity contribution in [2.45, 2.75) is 12.8 Å². The van der Waals surface area contributed by atoms with Crippen molar-refractivity contribution < 1.29 is 14.3 Å². The molecule has 0 heterocycles. The van der Waals surface area contributed by atoms with Crippen LogP contribution in [-0.2, 0) is 4.79 Å². The van der Waals surface area contributed by atoms with Crippen molar-refractivity contribution in [3.63, 3.8) is 0 Å². The molecule has 0 fully saturated rings. The van der Waals surface area contributed by atoms with Crippen LogP contribution in [0.25, 0.3) is 0 Å². The molecule has 3 N–H and O–H groups in total. The Morgan fingerprint density at radius 3 is 2.06 bits per heavy atom. The fourth-order valence-corrected chi connectivity index (χ4v) is 3.73. The van der Waals surface area contributed by atoms with Gasteiger partial charge in [0.05, 0.1) is 17.0 Å². The van der Waals surface area contributed by atoms with Gasteiger partial charge in [0.2, 0.25) is 5.91 Å². The molecule has 0 bridgehead atoms. The summed E-state index contributed by atoms with van der Waals surface area (Å²) in [5.74, 6) is -0.610. The van der Waals surface area contributed by atoms with Gasteiger partial charge in [-0.15, -0.1) is 0 Å². The Kier molecular flexibility index (Phi) is 8.35. The number of hydrogen-bond acceptors (Lipinski definition) is 4. The highest BCUT2D eigenvalue weighted by molar-refractivity contribution is 9.10. The molecule has 0 unspecified atom stereocenters. The zero-order valence-corrected chi connectivity index (χ0v) is 19.7. The Morgan fingerprint density at radius 2 is 1.53 bits per heavy atom. The molecule has 3 aromatic carbocycles. The number of ether oxygens (including phenoxy) is 1. The second-order valence-electron chi connectivity index (χ2n) is 6.73. The summed E-state index contributed by atoms with van der Waals surface area (Å²) < 4.78 is 6.11. The van der Waals surface area contributed by atoms with Gasteiger partial charge in [-0.1, -0.05) is 60.7 Å². The van der Waals surface area contributed by atoms with E-state index in [1.807, 2.05) is 67.6 Å². The molecule has 2 amide bonds. The monoisotopic (exact) mass is 511 g/mol. The molecule has 0 saturated heterocycles. The Balaban J connectivity index is 1.63. The maximum Gasteiger partial charge on any atom is 0.257 e. The Labute approximate surface area is 200 Å². The van der Waals surface area contributed by atoms with E-state index in [1.165, 1.54) is 0 Å². The maximum atomic E-state index is 13.0. The number of benzene rings is 3. The van der Waals surface area contributed by atoms with Crippen molar-refractivity contribution >= 4 is 45.1 Å². The summed E-state index contributed by atoms with van der Waals surface area (Å²) in [4.78, 5) is 25.5. The van der Waals surface area contributed by atoms with E-state index in [0.29, 0.717) is 22.4 Å². The first-order valence-electron chi connectivity index (χ1n) is 9.93. The van der Waals surface area contributed by atoms with E-state index in [4.69, 9.17) is 17.0 Å². The molecule has 0 atom stereocenters. The molecule has 0 aliphatic heterocycles. The third-order valence-electron chi connectivity index (χ3n) is 4.55. The van der Waals surface area contributed by atoms with Crippen LogP contribution in [0.1, 0.15) is 34.3 Å². The van der Waals surface area contributed by atoms with Gasteiger partial charge in [0.25, 0.3) is 5.91 Å². The first-order chi connectivity index (χ1) is 15.5. The van der Waals surface area contributed by atoms with Crippen molar-refractivity contribution in [1.29, 1.82) is 0 Å². The smallest absolute Gasteiger partial charge is 0.257 e. The van der Waals surface area contributed by atoms with Gasteiger partial charge >= 0.3 is 0 Å². The van der Waals surface area contributed by atoms with Gasteiger partial charge in [-0.05, 0) is 64.4 Å². The molecule has 32 heavy (non-hydrogen) atoms. The minimum atomic E-state index is -0.537. The highest BCUT2D eigenvalue weighted by Crippen LogP contribution is 2.26. The van der Waals surface area contributed by atoms with Crippen LogP contribution in [0.4, 0.5) is 0 Å². The Hall–Kier alpha value is -3.23. The molecule has 3 rings (SSSR count). The molecular formula is C24H22BrN3O3S. The van der Waals surface area contributed by atoms with Crippen LogP contribution in [-0.4, -0.2) is 23.5 Å². The predicted octanol–water partition coefficient (Wildman–Crippen LogP) is 4.32. The highest BCUT2D eigenvalue weighted by atomic mass is 79.9. The number of carbonyl (C=O) groups is 2. The first-order valence-corrected chi connectivity index (χ1v) is 11.1. The number of thiocarbonyl (C=S) groups is 1. The minimum Gasteiger partial charge on any atom is -0.493 e. The maximum absolute atomic E-state index is 13.0. The van der Waals surface area contributed by atoms with E-state index in [9.17, 15) is 9.59 Å². The summed E-state index contributed by atoms with van der Waals surface area (Å²) in [6.07, 6.45) is 0. The average molecular weight is 512 g/mol. The quantitative estimate of drug-likeness (QED) is 0.339. The van der Waals surface area contributed by atoms with Crippen LogP contribution >= 0.6 is 28.1 Å². The lowest BCUT2D eigenvalue weighted by molar-refractivity contribution is -0.122. The molecule has 0 aromatic heterocycles. The summed E-state index contributed by atoms with van der Waals surface area (Å²) in [6, 6.07) is 23.8. The molecular weight excluding hydrogens is 490 g/mol. The summed E-state index contributed by atoms with van der Waals surface area (Å²) in [7, 11) is 0. The topological polar surface area (TPSA) is 79.5 Å². The predicted molar refractivity (Wildman–Crippen MR) is 131 cm³/mol. The van der Waals surface area contributed by atoms with Gasteiger partial charge in [-0.25, -0.2) is 0 Å². The number of carbonyl (C=O) groups excluding carboxylic acids is 2. The molecule has 6 nitrogen and oxygen atoms in total. The van der Waals surface area contributed by atoms with Crippen LogP contribution < -0.4 is 20.9 Å². The fourth-order valence-electron chi connectivity index (χ4n) is 3.10. The van der Waals surface area contributed by atoms with E-state index in [0.717, 1.165) is 11.1 Å². The number of rotatable bonds is 6. The minimum absolute atomic E-state index is 0.0202. The molecule has 3 aromatic rings. The number of nitrogens with one attached hydrogen (secondary N) is 3. The molecule has 8 heteroatoms. The number of hydrogen-bond donors (Lipinski definition) is 3. The first kappa shape index (κ1) is 23.4. The largest absolute Gasteiger partial charge is 0.493 e. The molecule has 0 spiro atoms. The standard InChI is InChI=1S/C24H22BrN3O3S/c1-2-31-20-14-13-18(15-19(20)25)22(29)26-24(32)28-27-23(30)21(16-9-5-3-6-10-16)17-11-7-4-8-12-17/h3-15,21H,2H2,1H3,(H,27,30)(H2,26,28,29,32). The van der Waals surface area contributed by atoms with Crippen LogP contribution in [0.3, 0.4) is 0 Å². The van der Waals surface area contributed by atoms with Gasteiger partial charge in [-0.3, -0.25) is 25.8 Å². The Bertz CT molecular complexity index is 1050. The van der Waals surface area contributed by atoms with Gasteiger partial charge in [-0.2, -0.15) is 0 Å². The number of hydrazine groups is 1. The SMILES string of the molecule is CCOc1ccc(C(=O)NC(=S)NNC(=O)C(c2ccccc2)c2ccccc2)cc1Br. The third kappa shape index (κ3) is 6.15. The molecule has 0 saturated carbocycles. The lowest BCUT2D eigenvalue weighted by Gasteiger charge is -2.19. The van der Waals surface area contributed by atoms with Crippen LogP contribution in [0.15, 0.2) is 83.3 Å². The van der Waals surface area contributed by atoms with Gasteiger partial charge in [0, 0.05) is 5.56 Å². The zero-order valence-electron chi connectivity index (χ0n) is 17.3. The summed E-state index contributed by atoms with van der Waals surface area (Å²) in [5.41, 5.74) is 7.28. The Morgan fingerprint density at radius 1 is 0.938 bits per heavy atom. The van der Waals surface area contributed by atoms with E-state index >= 15 is 0 Å². The van der Waals surface area contributed by atoms with Gasteiger partial charge in [0.15, 0.2) is 5.11 Å². The summed E-state index contributed by atoms with van der Waals surface area (Å²) in [6.45, 7) is 2.40. The van der Waals surface area contributed by atoms with E-state index in [1.54, 1.807) is 18.2 Å². The second-order valence-corrected chi connectivity index (χ2v) is 7.99. The fraction of sp³-hybridized carbons (Fsp3) is 0.125. The normalized spacial score (nSPS) is 10.3. The lowest BCUT2D eigenvalue weighted by atomic mass is 9.91. The van der Waals surface area contributed by atoms with Crippen molar-refractivity contribution in [2.75, 3.05) is 6.61 Å². The van der Waals surface area contributed by atoms with Crippen LogP contribution in [0.2, 0.25) is 0 Å².